The molecule has 2 heterocycles. The lowest BCUT2D eigenvalue weighted by atomic mass is 10.1. The summed E-state index contributed by atoms with van der Waals surface area (Å²) in [5, 5.41) is 15.5. The van der Waals surface area contributed by atoms with Crippen molar-refractivity contribution in [3.63, 3.8) is 0 Å². The van der Waals surface area contributed by atoms with Crippen LogP contribution in [0.25, 0.3) is 16.9 Å². The minimum Gasteiger partial charge on any atom is -0.497 e. The molecule has 0 aliphatic carbocycles. The third kappa shape index (κ3) is 3.35. The standard InChI is InChI=1S/C20H17N5O2/c1-13-22-23-19-11-10-18(24-25(13)19)15-4-3-5-16(12-15)21-20(26)14-6-8-17(27-2)9-7-14/h3-12H,1-2H3,(H,21,26). The Balaban J connectivity index is 1.59. The number of carbonyl (C=O) groups excluding carboxylic acids is 1. The van der Waals surface area contributed by atoms with E-state index in [9.17, 15) is 4.79 Å². The van der Waals surface area contributed by atoms with Crippen molar-refractivity contribution < 1.29 is 9.53 Å². The first-order valence-corrected chi connectivity index (χ1v) is 8.39. The number of aromatic nitrogens is 4. The van der Waals surface area contributed by atoms with E-state index in [0.717, 1.165) is 17.1 Å². The van der Waals surface area contributed by atoms with Gasteiger partial charge in [0.15, 0.2) is 11.5 Å². The molecule has 134 valence electrons. The predicted octanol–water partition coefficient (Wildman–Crippen LogP) is 3.36. The number of fused-ring (bicyclic) bond motifs is 1. The lowest BCUT2D eigenvalue weighted by molar-refractivity contribution is 0.102. The van der Waals surface area contributed by atoms with E-state index in [1.807, 2.05) is 43.3 Å². The lowest BCUT2D eigenvalue weighted by Gasteiger charge is -2.08. The summed E-state index contributed by atoms with van der Waals surface area (Å²) in [6.45, 7) is 1.85. The van der Waals surface area contributed by atoms with Gasteiger partial charge in [0.2, 0.25) is 0 Å². The fourth-order valence-corrected chi connectivity index (χ4v) is 2.75. The van der Waals surface area contributed by atoms with Crippen molar-refractivity contribution in [2.45, 2.75) is 6.92 Å². The molecule has 7 heteroatoms. The van der Waals surface area contributed by atoms with Crippen LogP contribution in [0, 0.1) is 6.92 Å². The van der Waals surface area contributed by atoms with Gasteiger partial charge in [-0.15, -0.1) is 10.2 Å². The second-order valence-electron chi connectivity index (χ2n) is 6.00. The maximum Gasteiger partial charge on any atom is 0.255 e. The summed E-state index contributed by atoms with van der Waals surface area (Å²) < 4.78 is 6.81. The van der Waals surface area contributed by atoms with Gasteiger partial charge in [-0.2, -0.15) is 9.61 Å². The van der Waals surface area contributed by atoms with Gasteiger partial charge in [0.05, 0.1) is 12.8 Å². The second-order valence-corrected chi connectivity index (χ2v) is 6.00. The number of nitrogens with one attached hydrogen (secondary N) is 1. The average Bonchev–Trinajstić information content (AvgIpc) is 3.08. The van der Waals surface area contributed by atoms with Crippen LogP contribution in [-0.2, 0) is 0 Å². The first kappa shape index (κ1) is 16.7. The maximum absolute atomic E-state index is 12.5. The van der Waals surface area contributed by atoms with Gasteiger partial charge in [-0.3, -0.25) is 4.79 Å². The highest BCUT2D eigenvalue weighted by atomic mass is 16.5. The number of rotatable bonds is 4. The molecule has 1 N–H and O–H groups in total. The monoisotopic (exact) mass is 359 g/mol. The molecule has 0 aliphatic rings. The number of carbonyl (C=O) groups is 1. The molecule has 7 nitrogen and oxygen atoms in total. The molecule has 4 aromatic rings. The van der Waals surface area contributed by atoms with Crippen LogP contribution >= 0.6 is 0 Å². The second kappa shape index (κ2) is 6.87. The van der Waals surface area contributed by atoms with Crippen molar-refractivity contribution in [3.8, 4) is 17.0 Å². The van der Waals surface area contributed by atoms with Gasteiger partial charge in [-0.05, 0) is 55.5 Å². The molecule has 0 saturated heterocycles. The van der Waals surface area contributed by atoms with Crippen LogP contribution in [0.2, 0.25) is 0 Å². The van der Waals surface area contributed by atoms with E-state index >= 15 is 0 Å². The third-order valence-electron chi connectivity index (χ3n) is 4.19. The molecule has 1 amide bonds. The zero-order valence-electron chi connectivity index (χ0n) is 14.9. The SMILES string of the molecule is COc1ccc(C(=O)Nc2cccc(-c3ccc4nnc(C)n4n3)c2)cc1. The molecule has 27 heavy (non-hydrogen) atoms. The van der Waals surface area contributed by atoms with E-state index in [0.29, 0.717) is 22.6 Å². The Kier molecular flexibility index (Phi) is 4.25. The topological polar surface area (TPSA) is 81.4 Å². The zero-order chi connectivity index (χ0) is 18.8. The molecule has 0 unspecified atom stereocenters. The minimum absolute atomic E-state index is 0.187. The van der Waals surface area contributed by atoms with E-state index in [4.69, 9.17) is 4.74 Å². The quantitative estimate of drug-likeness (QED) is 0.604. The van der Waals surface area contributed by atoms with E-state index in [2.05, 4.69) is 20.6 Å². The van der Waals surface area contributed by atoms with Crippen molar-refractivity contribution >= 4 is 17.2 Å². The van der Waals surface area contributed by atoms with Gasteiger partial charge in [0.25, 0.3) is 5.91 Å². The third-order valence-corrected chi connectivity index (χ3v) is 4.19. The van der Waals surface area contributed by atoms with Crippen LogP contribution < -0.4 is 10.1 Å². The summed E-state index contributed by atoms with van der Waals surface area (Å²) in [5.41, 5.74) is 3.60. The molecule has 0 aliphatic heterocycles. The number of methoxy groups -OCH3 is 1. The Morgan fingerprint density at radius 3 is 2.63 bits per heavy atom. The molecule has 0 radical (unpaired) electrons. The van der Waals surface area contributed by atoms with Gasteiger partial charge in [0.1, 0.15) is 5.75 Å². The first-order valence-electron chi connectivity index (χ1n) is 8.39. The Morgan fingerprint density at radius 1 is 1.04 bits per heavy atom. The van der Waals surface area contributed by atoms with E-state index in [-0.39, 0.29) is 5.91 Å². The summed E-state index contributed by atoms with van der Waals surface area (Å²) >= 11 is 0. The van der Waals surface area contributed by atoms with Crippen LogP contribution in [0.15, 0.2) is 60.7 Å². The minimum atomic E-state index is -0.187. The first-order chi connectivity index (χ1) is 13.1. The number of nitrogens with zero attached hydrogens (tertiary/aromatic N) is 4. The van der Waals surface area contributed by atoms with Crippen LogP contribution in [0.3, 0.4) is 0 Å². The van der Waals surface area contributed by atoms with Crippen molar-refractivity contribution in [2.24, 2.45) is 0 Å². The normalized spacial score (nSPS) is 10.7. The van der Waals surface area contributed by atoms with Crippen molar-refractivity contribution in [1.29, 1.82) is 0 Å². The Hall–Kier alpha value is -3.74. The van der Waals surface area contributed by atoms with E-state index in [1.165, 1.54) is 0 Å². The summed E-state index contributed by atoms with van der Waals surface area (Å²) in [6, 6.07) is 18.3. The fraction of sp³-hybridized carbons (Fsp3) is 0.100. The number of hydrogen-bond donors (Lipinski definition) is 1. The van der Waals surface area contributed by atoms with Crippen LogP contribution in [0.5, 0.6) is 5.75 Å². The number of amides is 1. The van der Waals surface area contributed by atoms with E-state index in [1.54, 1.807) is 35.9 Å². The fourth-order valence-electron chi connectivity index (χ4n) is 2.75. The molecule has 4 rings (SSSR count). The summed E-state index contributed by atoms with van der Waals surface area (Å²) in [7, 11) is 1.59. The number of benzene rings is 2. The number of ether oxygens (including phenoxy) is 1. The molecule has 0 bridgehead atoms. The Bertz CT molecular complexity index is 1120. The van der Waals surface area contributed by atoms with Gasteiger partial charge >= 0.3 is 0 Å². The van der Waals surface area contributed by atoms with E-state index < -0.39 is 0 Å². The maximum atomic E-state index is 12.5. The van der Waals surface area contributed by atoms with Crippen molar-refractivity contribution in [3.05, 3.63) is 72.1 Å². The lowest BCUT2D eigenvalue weighted by Crippen LogP contribution is -2.11. The van der Waals surface area contributed by atoms with Gasteiger partial charge in [0, 0.05) is 16.8 Å². The molecule has 0 saturated carbocycles. The van der Waals surface area contributed by atoms with Crippen molar-refractivity contribution in [2.75, 3.05) is 12.4 Å². The highest BCUT2D eigenvalue weighted by Gasteiger charge is 2.09. The molecule has 2 aromatic heterocycles. The Labute approximate surface area is 155 Å². The number of hydrogen-bond acceptors (Lipinski definition) is 5. The van der Waals surface area contributed by atoms with Crippen LogP contribution in [0.4, 0.5) is 5.69 Å². The summed E-state index contributed by atoms with van der Waals surface area (Å²) in [4.78, 5) is 12.5. The Morgan fingerprint density at radius 2 is 1.85 bits per heavy atom. The largest absolute Gasteiger partial charge is 0.497 e. The summed E-state index contributed by atoms with van der Waals surface area (Å²) in [5.74, 6) is 1.24. The molecular weight excluding hydrogens is 342 g/mol. The zero-order valence-corrected chi connectivity index (χ0v) is 14.9. The molecule has 0 atom stereocenters. The predicted molar refractivity (Wildman–Crippen MR) is 102 cm³/mol. The number of aryl methyl sites for hydroxylation is 1. The molecule has 2 aromatic carbocycles. The van der Waals surface area contributed by atoms with Crippen molar-refractivity contribution in [1.82, 2.24) is 19.8 Å². The smallest absolute Gasteiger partial charge is 0.255 e. The van der Waals surface area contributed by atoms with Gasteiger partial charge in [-0.25, -0.2) is 0 Å². The average molecular weight is 359 g/mol. The number of anilines is 1. The highest BCUT2D eigenvalue weighted by molar-refractivity contribution is 6.04. The molecule has 0 spiro atoms. The molecular formula is C20H17N5O2. The summed E-state index contributed by atoms with van der Waals surface area (Å²) in [6.07, 6.45) is 0. The van der Waals surface area contributed by atoms with Gasteiger partial charge in [-0.1, -0.05) is 12.1 Å². The van der Waals surface area contributed by atoms with Crippen LogP contribution in [-0.4, -0.2) is 32.8 Å². The highest BCUT2D eigenvalue weighted by Crippen LogP contribution is 2.22. The van der Waals surface area contributed by atoms with Crippen LogP contribution in [0.1, 0.15) is 16.2 Å². The molecule has 0 fully saturated rings. The van der Waals surface area contributed by atoms with Gasteiger partial charge < -0.3 is 10.1 Å².